The van der Waals surface area contributed by atoms with Crippen molar-refractivity contribution in [1.29, 1.82) is 0 Å². The molecule has 0 aliphatic rings. The summed E-state index contributed by atoms with van der Waals surface area (Å²) < 4.78 is 19.7. The van der Waals surface area contributed by atoms with E-state index in [1.165, 1.54) is 18.5 Å². The molecule has 0 radical (unpaired) electrons. The van der Waals surface area contributed by atoms with E-state index in [0.717, 1.165) is 10.1 Å². The van der Waals surface area contributed by atoms with Crippen LogP contribution in [-0.2, 0) is 17.9 Å². The molecule has 24 heavy (non-hydrogen) atoms. The molecular formula is C17H14FN3O3. The Morgan fingerprint density at radius 3 is 2.67 bits per heavy atom. The number of amides is 1. The summed E-state index contributed by atoms with van der Waals surface area (Å²) in [5.41, 5.74) is 6.03. The van der Waals surface area contributed by atoms with Gasteiger partial charge in [-0.3, -0.25) is 14.2 Å². The number of nitrogens with zero attached hydrogens (tertiary/aromatic N) is 2. The average molecular weight is 327 g/mol. The first-order valence-corrected chi connectivity index (χ1v) is 7.18. The fourth-order valence-corrected chi connectivity index (χ4v) is 2.26. The maximum Gasteiger partial charge on any atom is 0.261 e. The molecule has 0 saturated heterocycles. The van der Waals surface area contributed by atoms with E-state index < -0.39 is 5.91 Å². The number of carbonyl (C=O) groups is 1. The van der Waals surface area contributed by atoms with E-state index in [9.17, 15) is 14.0 Å². The average Bonchev–Trinajstić information content (AvgIpc) is 2.56. The van der Waals surface area contributed by atoms with E-state index in [1.54, 1.807) is 30.3 Å². The van der Waals surface area contributed by atoms with Crippen molar-refractivity contribution in [2.24, 2.45) is 5.73 Å². The zero-order valence-electron chi connectivity index (χ0n) is 12.6. The molecule has 0 aliphatic carbocycles. The molecule has 0 spiro atoms. The Morgan fingerprint density at radius 2 is 1.96 bits per heavy atom. The SMILES string of the molecule is NC(=O)Cn1cnc2cc(OCc3ccc(F)cc3)ccc2c1=O. The number of hydrogen-bond donors (Lipinski definition) is 1. The number of halogens is 1. The molecule has 0 unspecified atom stereocenters. The maximum atomic E-state index is 12.9. The lowest BCUT2D eigenvalue weighted by Gasteiger charge is -2.08. The van der Waals surface area contributed by atoms with Crippen LogP contribution in [0.15, 0.2) is 53.6 Å². The number of nitrogens with two attached hydrogens (primary N) is 1. The minimum absolute atomic E-state index is 0.218. The van der Waals surface area contributed by atoms with E-state index >= 15 is 0 Å². The number of benzene rings is 2. The Bertz CT molecular complexity index is 951. The van der Waals surface area contributed by atoms with Crippen LogP contribution in [-0.4, -0.2) is 15.5 Å². The second-order valence-corrected chi connectivity index (χ2v) is 5.24. The monoisotopic (exact) mass is 327 g/mol. The van der Waals surface area contributed by atoms with Gasteiger partial charge in [-0.2, -0.15) is 0 Å². The maximum absolute atomic E-state index is 12.9. The lowest BCUT2D eigenvalue weighted by Crippen LogP contribution is -2.28. The molecule has 3 aromatic rings. The van der Waals surface area contributed by atoms with Crippen molar-refractivity contribution in [2.75, 3.05) is 0 Å². The zero-order chi connectivity index (χ0) is 17.1. The van der Waals surface area contributed by atoms with Crippen molar-refractivity contribution in [3.63, 3.8) is 0 Å². The molecule has 6 nitrogen and oxygen atoms in total. The summed E-state index contributed by atoms with van der Waals surface area (Å²) in [4.78, 5) is 27.3. The Hall–Kier alpha value is -3.22. The van der Waals surface area contributed by atoms with Crippen molar-refractivity contribution in [3.05, 3.63) is 70.5 Å². The molecule has 0 aliphatic heterocycles. The van der Waals surface area contributed by atoms with Gasteiger partial charge in [0.1, 0.15) is 24.7 Å². The van der Waals surface area contributed by atoms with Gasteiger partial charge in [-0.1, -0.05) is 12.1 Å². The second kappa shape index (κ2) is 6.49. The number of rotatable bonds is 5. The van der Waals surface area contributed by atoms with Crippen LogP contribution in [0.3, 0.4) is 0 Å². The first-order chi connectivity index (χ1) is 11.5. The third-order valence-electron chi connectivity index (χ3n) is 3.44. The fourth-order valence-electron chi connectivity index (χ4n) is 2.26. The molecule has 0 atom stereocenters. The smallest absolute Gasteiger partial charge is 0.261 e. The van der Waals surface area contributed by atoms with Gasteiger partial charge in [-0.15, -0.1) is 0 Å². The standard InChI is InChI=1S/C17H14FN3O3/c18-12-3-1-11(2-4-12)9-24-13-5-6-14-15(7-13)20-10-21(17(14)23)8-16(19)22/h1-7,10H,8-9H2,(H2,19,22). The zero-order valence-corrected chi connectivity index (χ0v) is 12.6. The van der Waals surface area contributed by atoms with Gasteiger partial charge in [0.2, 0.25) is 5.91 Å². The van der Waals surface area contributed by atoms with Gasteiger partial charge < -0.3 is 10.5 Å². The molecule has 0 saturated carbocycles. The van der Waals surface area contributed by atoms with Crippen molar-refractivity contribution < 1.29 is 13.9 Å². The highest BCUT2D eigenvalue weighted by atomic mass is 19.1. The molecule has 122 valence electrons. The van der Waals surface area contributed by atoms with Gasteiger partial charge in [0.15, 0.2) is 0 Å². The van der Waals surface area contributed by atoms with Gasteiger partial charge in [0.25, 0.3) is 5.56 Å². The fraction of sp³-hybridized carbons (Fsp3) is 0.118. The molecule has 2 N–H and O–H groups in total. The number of fused-ring (bicyclic) bond motifs is 1. The van der Waals surface area contributed by atoms with Crippen molar-refractivity contribution >= 4 is 16.8 Å². The molecule has 0 fully saturated rings. The summed E-state index contributed by atoms with van der Waals surface area (Å²) in [6, 6.07) is 10.9. The highest BCUT2D eigenvalue weighted by Crippen LogP contribution is 2.18. The number of ether oxygens (including phenoxy) is 1. The van der Waals surface area contributed by atoms with Crippen LogP contribution in [0, 0.1) is 5.82 Å². The summed E-state index contributed by atoms with van der Waals surface area (Å²) in [5.74, 6) is -0.384. The summed E-state index contributed by atoms with van der Waals surface area (Å²) >= 11 is 0. The molecule has 7 heteroatoms. The highest BCUT2D eigenvalue weighted by molar-refractivity contribution is 5.79. The Balaban J connectivity index is 1.82. The number of aromatic nitrogens is 2. The molecule has 2 aromatic carbocycles. The van der Waals surface area contributed by atoms with Gasteiger partial charge in [-0.25, -0.2) is 9.37 Å². The molecule has 3 rings (SSSR count). The molecule has 0 bridgehead atoms. The lowest BCUT2D eigenvalue weighted by molar-refractivity contribution is -0.118. The molecule has 1 heterocycles. The minimum atomic E-state index is -0.613. The number of carbonyl (C=O) groups excluding carboxylic acids is 1. The summed E-state index contributed by atoms with van der Waals surface area (Å²) in [7, 11) is 0. The van der Waals surface area contributed by atoms with Crippen molar-refractivity contribution in [1.82, 2.24) is 9.55 Å². The van der Waals surface area contributed by atoms with Gasteiger partial charge >= 0.3 is 0 Å². The number of hydrogen-bond acceptors (Lipinski definition) is 4. The van der Waals surface area contributed by atoms with Crippen LogP contribution in [0.25, 0.3) is 10.9 Å². The predicted octanol–water partition coefficient (Wildman–Crippen LogP) is 1.60. The Morgan fingerprint density at radius 1 is 1.21 bits per heavy atom. The van der Waals surface area contributed by atoms with Gasteiger partial charge in [0, 0.05) is 6.07 Å². The van der Waals surface area contributed by atoms with E-state index in [4.69, 9.17) is 10.5 Å². The van der Waals surface area contributed by atoms with E-state index in [1.807, 2.05) is 0 Å². The van der Waals surface area contributed by atoms with Crippen molar-refractivity contribution in [3.8, 4) is 5.75 Å². The summed E-state index contributed by atoms with van der Waals surface area (Å²) in [5, 5.41) is 0.368. The predicted molar refractivity (Wildman–Crippen MR) is 85.9 cm³/mol. The van der Waals surface area contributed by atoms with Crippen LogP contribution in [0.4, 0.5) is 4.39 Å². The van der Waals surface area contributed by atoms with Crippen LogP contribution in [0.1, 0.15) is 5.56 Å². The van der Waals surface area contributed by atoms with E-state index in [0.29, 0.717) is 16.7 Å². The van der Waals surface area contributed by atoms with E-state index in [-0.39, 0.29) is 24.5 Å². The highest BCUT2D eigenvalue weighted by Gasteiger charge is 2.07. The minimum Gasteiger partial charge on any atom is -0.489 e. The lowest BCUT2D eigenvalue weighted by atomic mass is 10.2. The van der Waals surface area contributed by atoms with Crippen LogP contribution in [0.2, 0.25) is 0 Å². The van der Waals surface area contributed by atoms with E-state index in [2.05, 4.69) is 4.98 Å². The van der Waals surface area contributed by atoms with Gasteiger partial charge in [0.05, 0.1) is 17.2 Å². The Labute approximate surface area is 136 Å². The molecule has 1 amide bonds. The van der Waals surface area contributed by atoms with Crippen LogP contribution >= 0.6 is 0 Å². The summed E-state index contributed by atoms with van der Waals surface area (Å²) in [6.07, 6.45) is 1.28. The van der Waals surface area contributed by atoms with Crippen LogP contribution in [0.5, 0.6) is 5.75 Å². The van der Waals surface area contributed by atoms with Crippen molar-refractivity contribution in [2.45, 2.75) is 13.2 Å². The molecule has 1 aromatic heterocycles. The normalized spacial score (nSPS) is 10.7. The second-order valence-electron chi connectivity index (χ2n) is 5.24. The third kappa shape index (κ3) is 3.40. The summed E-state index contributed by atoms with van der Waals surface area (Å²) in [6.45, 7) is 0.0507. The third-order valence-corrected chi connectivity index (χ3v) is 3.44. The topological polar surface area (TPSA) is 87.2 Å². The largest absolute Gasteiger partial charge is 0.489 e. The van der Waals surface area contributed by atoms with Crippen LogP contribution < -0.4 is 16.0 Å². The first-order valence-electron chi connectivity index (χ1n) is 7.18. The Kier molecular flexibility index (Phi) is 4.24. The molecular weight excluding hydrogens is 313 g/mol. The number of primary amides is 1. The van der Waals surface area contributed by atoms with Gasteiger partial charge in [-0.05, 0) is 29.8 Å². The quantitative estimate of drug-likeness (QED) is 0.771. The first kappa shape index (κ1) is 15.7.